The van der Waals surface area contributed by atoms with Crippen LogP contribution >= 0.6 is 0 Å². The first-order valence-corrected chi connectivity index (χ1v) is 20.6. The van der Waals surface area contributed by atoms with Gasteiger partial charge >= 0.3 is 0 Å². The Bertz CT molecular complexity index is 2980. The first-order chi connectivity index (χ1) is 28.3. The first kappa shape index (κ1) is 32.6. The SMILES string of the molecule is C1=CCCC(n2c3ccccc3c3cc(-c4cccc(C5=CC=C6C(C5)C5C=C(c7cccc8c7Cc7ccccc7-8)C=CC5N6c5ccccc5)c4)ccc32)=C1. The van der Waals surface area contributed by atoms with Crippen LogP contribution in [-0.2, 0) is 6.42 Å². The quantitative estimate of drug-likeness (QED) is 0.171. The predicted octanol–water partition coefficient (Wildman–Crippen LogP) is 13.7. The lowest BCUT2D eigenvalue weighted by molar-refractivity contribution is 0.498. The number of fused-ring (bicyclic) bond motifs is 9. The molecular weight excluding hydrogens is 689 g/mol. The van der Waals surface area contributed by atoms with Gasteiger partial charge in [0.25, 0.3) is 0 Å². The highest BCUT2D eigenvalue weighted by atomic mass is 15.2. The van der Waals surface area contributed by atoms with E-state index < -0.39 is 0 Å². The van der Waals surface area contributed by atoms with Gasteiger partial charge < -0.3 is 9.47 Å². The average Bonchev–Trinajstić information content (AvgIpc) is 3.94. The van der Waals surface area contributed by atoms with E-state index in [9.17, 15) is 0 Å². The Labute approximate surface area is 334 Å². The lowest BCUT2D eigenvalue weighted by atomic mass is 9.77. The molecule has 0 spiro atoms. The zero-order chi connectivity index (χ0) is 37.5. The van der Waals surface area contributed by atoms with Crippen LogP contribution in [0.4, 0.5) is 5.69 Å². The molecule has 1 saturated heterocycles. The molecule has 12 rings (SSSR count). The molecule has 3 unspecified atom stereocenters. The molecule has 1 aliphatic heterocycles. The largest absolute Gasteiger partial charge is 0.337 e. The normalized spacial score (nSPS) is 20.4. The summed E-state index contributed by atoms with van der Waals surface area (Å²) in [7, 11) is 0. The van der Waals surface area contributed by atoms with Crippen molar-refractivity contribution in [3.05, 3.63) is 216 Å². The minimum atomic E-state index is 0.273. The summed E-state index contributed by atoms with van der Waals surface area (Å²) in [6, 6.07) is 52.4. The van der Waals surface area contributed by atoms with Crippen molar-refractivity contribution in [1.82, 2.24) is 4.57 Å². The van der Waals surface area contributed by atoms with E-state index in [1.165, 1.54) is 94.5 Å². The van der Waals surface area contributed by atoms with Gasteiger partial charge in [-0.1, -0.05) is 140 Å². The highest BCUT2D eigenvalue weighted by Crippen LogP contribution is 2.52. The van der Waals surface area contributed by atoms with Gasteiger partial charge in [0.2, 0.25) is 0 Å². The van der Waals surface area contributed by atoms with Crippen LogP contribution in [0.15, 0.2) is 194 Å². The summed E-state index contributed by atoms with van der Waals surface area (Å²) >= 11 is 0. The highest BCUT2D eigenvalue weighted by Gasteiger charge is 2.45. The van der Waals surface area contributed by atoms with Crippen LogP contribution in [-0.4, -0.2) is 10.6 Å². The number of anilines is 1. The molecule has 0 saturated carbocycles. The number of benzene rings is 6. The minimum Gasteiger partial charge on any atom is -0.337 e. The molecule has 0 bridgehead atoms. The number of hydrogen-bond acceptors (Lipinski definition) is 1. The molecule has 57 heavy (non-hydrogen) atoms. The molecule has 7 aromatic rings. The van der Waals surface area contributed by atoms with E-state index in [1.807, 2.05) is 0 Å². The number of aromatic nitrogens is 1. The van der Waals surface area contributed by atoms with E-state index in [1.54, 1.807) is 0 Å². The Morgan fingerprint density at radius 1 is 0.596 bits per heavy atom. The molecule has 1 aromatic heterocycles. The number of hydrogen-bond donors (Lipinski definition) is 0. The van der Waals surface area contributed by atoms with Crippen molar-refractivity contribution in [2.45, 2.75) is 31.7 Å². The Morgan fingerprint density at radius 2 is 1.39 bits per heavy atom. The fourth-order valence-corrected chi connectivity index (χ4v) is 10.7. The van der Waals surface area contributed by atoms with Crippen LogP contribution in [0.25, 0.3) is 60.9 Å². The van der Waals surface area contributed by atoms with Gasteiger partial charge in [0.1, 0.15) is 0 Å². The van der Waals surface area contributed by atoms with E-state index in [2.05, 4.69) is 198 Å². The van der Waals surface area contributed by atoms with Crippen LogP contribution in [0.5, 0.6) is 0 Å². The molecule has 272 valence electrons. The Balaban J connectivity index is 0.913. The monoisotopic (exact) mass is 730 g/mol. The third-order valence-corrected chi connectivity index (χ3v) is 13.3. The molecule has 0 amide bonds. The summed E-state index contributed by atoms with van der Waals surface area (Å²) in [4.78, 5) is 2.61. The summed E-state index contributed by atoms with van der Waals surface area (Å²) in [6.45, 7) is 0. The van der Waals surface area contributed by atoms with Crippen molar-refractivity contribution in [3.8, 4) is 22.3 Å². The highest BCUT2D eigenvalue weighted by molar-refractivity contribution is 6.11. The molecule has 4 aliphatic carbocycles. The smallest absolute Gasteiger partial charge is 0.0592 e. The van der Waals surface area contributed by atoms with Crippen LogP contribution in [0.2, 0.25) is 0 Å². The first-order valence-electron chi connectivity index (χ1n) is 20.6. The van der Waals surface area contributed by atoms with Gasteiger partial charge in [-0.2, -0.15) is 0 Å². The summed E-state index contributed by atoms with van der Waals surface area (Å²) in [5.41, 5.74) is 20.3. The van der Waals surface area contributed by atoms with E-state index >= 15 is 0 Å². The summed E-state index contributed by atoms with van der Waals surface area (Å²) in [5.74, 6) is 0.733. The second-order valence-electron chi connectivity index (χ2n) is 16.3. The molecule has 3 atom stereocenters. The molecular formula is C55H42N2. The fraction of sp³-hybridized carbons (Fsp3) is 0.127. The van der Waals surface area contributed by atoms with Crippen molar-refractivity contribution in [2.24, 2.45) is 11.8 Å². The van der Waals surface area contributed by atoms with Crippen molar-refractivity contribution in [2.75, 3.05) is 4.90 Å². The van der Waals surface area contributed by atoms with Gasteiger partial charge in [-0.25, -0.2) is 0 Å². The standard InChI is InChI=1S/C55H42N2/c1-3-16-42(17-4-1)56-52-24-10-9-21-47(52)49-32-38(25-28-53(49)56)36-14-11-15-37(31-36)39-26-29-54-50(33-39)51-35-41(27-30-55(51)57(54)43-18-5-2-6-19-43)45-22-12-23-46-44-20-8-7-13-40(44)34-48(45)46/h1-3,5-16,18-32,35,50-51,55H,4,17,33-34H2. The summed E-state index contributed by atoms with van der Waals surface area (Å²) in [6.07, 6.45) is 23.2. The van der Waals surface area contributed by atoms with Gasteiger partial charge in [0.15, 0.2) is 0 Å². The van der Waals surface area contributed by atoms with Gasteiger partial charge in [-0.15, -0.1) is 0 Å². The minimum absolute atomic E-state index is 0.273. The zero-order valence-electron chi connectivity index (χ0n) is 31.9. The molecule has 6 aromatic carbocycles. The number of allylic oxidation sites excluding steroid dienone is 10. The Kier molecular flexibility index (Phi) is 7.41. The van der Waals surface area contributed by atoms with Crippen LogP contribution in [0.3, 0.4) is 0 Å². The third kappa shape index (κ3) is 5.17. The third-order valence-electron chi connectivity index (χ3n) is 13.3. The summed E-state index contributed by atoms with van der Waals surface area (Å²) < 4.78 is 2.48. The predicted molar refractivity (Wildman–Crippen MR) is 240 cm³/mol. The van der Waals surface area contributed by atoms with Crippen molar-refractivity contribution >= 4 is 44.3 Å². The zero-order valence-corrected chi connectivity index (χ0v) is 31.9. The van der Waals surface area contributed by atoms with E-state index in [4.69, 9.17) is 0 Å². The molecule has 0 radical (unpaired) electrons. The van der Waals surface area contributed by atoms with E-state index in [0.717, 1.165) is 25.7 Å². The summed E-state index contributed by atoms with van der Waals surface area (Å²) in [5, 5.41) is 2.62. The van der Waals surface area contributed by atoms with Gasteiger partial charge in [0, 0.05) is 39.7 Å². The topological polar surface area (TPSA) is 8.17 Å². The lowest BCUT2D eigenvalue weighted by Crippen LogP contribution is -2.30. The van der Waals surface area contributed by atoms with Gasteiger partial charge in [0.05, 0.1) is 17.1 Å². The van der Waals surface area contributed by atoms with Crippen LogP contribution < -0.4 is 4.90 Å². The molecule has 0 N–H and O–H groups in total. The second-order valence-corrected chi connectivity index (χ2v) is 16.3. The van der Waals surface area contributed by atoms with Gasteiger partial charge in [-0.3, -0.25) is 0 Å². The number of rotatable bonds is 5. The molecule has 2 nitrogen and oxygen atoms in total. The maximum atomic E-state index is 2.62. The number of para-hydroxylation sites is 2. The molecule has 2 heterocycles. The average molecular weight is 731 g/mol. The fourth-order valence-electron chi connectivity index (χ4n) is 10.7. The second kappa shape index (κ2) is 13.0. The van der Waals surface area contributed by atoms with Crippen molar-refractivity contribution in [3.63, 3.8) is 0 Å². The number of nitrogens with zero attached hydrogens (tertiary/aromatic N) is 2. The maximum absolute atomic E-state index is 2.62. The van der Waals surface area contributed by atoms with E-state index in [0.29, 0.717) is 11.8 Å². The molecule has 5 aliphatic rings. The van der Waals surface area contributed by atoms with Crippen LogP contribution in [0.1, 0.15) is 41.5 Å². The Morgan fingerprint density at radius 3 is 2.32 bits per heavy atom. The Hall–Kier alpha value is -6.64. The van der Waals surface area contributed by atoms with E-state index in [-0.39, 0.29) is 6.04 Å². The molecule has 2 heteroatoms. The lowest BCUT2D eigenvalue weighted by Gasteiger charge is -2.29. The molecule has 1 fully saturated rings. The van der Waals surface area contributed by atoms with Gasteiger partial charge in [-0.05, 0) is 130 Å². The maximum Gasteiger partial charge on any atom is 0.0592 e. The van der Waals surface area contributed by atoms with Crippen molar-refractivity contribution < 1.29 is 0 Å². The van der Waals surface area contributed by atoms with Crippen LogP contribution in [0, 0.1) is 11.8 Å². The van der Waals surface area contributed by atoms with Crippen molar-refractivity contribution in [1.29, 1.82) is 0 Å².